The van der Waals surface area contributed by atoms with Crippen molar-refractivity contribution < 1.29 is 9.84 Å². The zero-order valence-electron chi connectivity index (χ0n) is 15.0. The number of likely N-dealkylation sites (tertiary alicyclic amines) is 1. The summed E-state index contributed by atoms with van der Waals surface area (Å²) < 4.78 is 6.50. The quantitative estimate of drug-likeness (QED) is 0.681. The Labute approximate surface area is 169 Å². The Morgan fingerprint density at radius 3 is 2.54 bits per heavy atom. The van der Waals surface area contributed by atoms with Crippen LogP contribution in [0.25, 0.3) is 0 Å². The van der Waals surface area contributed by atoms with Crippen molar-refractivity contribution in [2.75, 3.05) is 26.7 Å². The summed E-state index contributed by atoms with van der Waals surface area (Å²) in [5.74, 6) is 1.58. The van der Waals surface area contributed by atoms with E-state index in [0.29, 0.717) is 17.5 Å². The van der Waals surface area contributed by atoms with E-state index in [1.165, 1.54) is 5.56 Å². The van der Waals surface area contributed by atoms with Crippen LogP contribution >= 0.6 is 27.5 Å². The minimum absolute atomic E-state index is 0.462. The van der Waals surface area contributed by atoms with Gasteiger partial charge in [0, 0.05) is 16.0 Å². The molecule has 1 heterocycles. The van der Waals surface area contributed by atoms with Gasteiger partial charge in [-0.15, -0.1) is 0 Å². The maximum absolute atomic E-state index is 10.5. The molecule has 1 fully saturated rings. The number of halogens is 2. The summed E-state index contributed by atoms with van der Waals surface area (Å²) in [4.78, 5) is 2.36. The lowest BCUT2D eigenvalue weighted by molar-refractivity contribution is 0.0893. The smallest absolute Gasteiger partial charge is 0.119 e. The van der Waals surface area contributed by atoms with Crippen LogP contribution in [-0.2, 0) is 6.42 Å². The Kier molecular flexibility index (Phi) is 6.98. The molecule has 2 aromatic rings. The Morgan fingerprint density at radius 2 is 1.88 bits per heavy atom. The van der Waals surface area contributed by atoms with E-state index >= 15 is 0 Å². The van der Waals surface area contributed by atoms with E-state index in [9.17, 15) is 5.11 Å². The van der Waals surface area contributed by atoms with Gasteiger partial charge >= 0.3 is 0 Å². The van der Waals surface area contributed by atoms with Crippen LogP contribution in [0.5, 0.6) is 5.75 Å². The normalized spacial score (nSPS) is 17.2. The van der Waals surface area contributed by atoms with Crippen molar-refractivity contribution in [2.24, 2.45) is 5.92 Å². The number of methoxy groups -OCH3 is 1. The van der Waals surface area contributed by atoms with Crippen molar-refractivity contribution >= 4 is 27.5 Å². The standard InChI is InChI=1S/C21H25BrClNO2/c1-26-19-6-7-20(22)17(13-19)12-15-8-10-24(11-9-15)14-21(25)16-2-4-18(23)5-3-16/h2-7,13,15,21,25H,8-12,14H2,1H3. The van der Waals surface area contributed by atoms with Gasteiger partial charge in [0.05, 0.1) is 13.2 Å². The van der Waals surface area contributed by atoms with Gasteiger partial charge in [0.15, 0.2) is 0 Å². The Morgan fingerprint density at radius 1 is 1.19 bits per heavy atom. The van der Waals surface area contributed by atoms with Gasteiger partial charge in [0.2, 0.25) is 0 Å². The number of nitrogens with zero attached hydrogens (tertiary/aromatic N) is 1. The fraction of sp³-hybridized carbons (Fsp3) is 0.429. The van der Waals surface area contributed by atoms with Crippen molar-refractivity contribution in [3.8, 4) is 5.75 Å². The molecule has 26 heavy (non-hydrogen) atoms. The summed E-state index contributed by atoms with van der Waals surface area (Å²) >= 11 is 9.57. The molecule has 3 rings (SSSR count). The van der Waals surface area contributed by atoms with Gasteiger partial charge in [-0.25, -0.2) is 0 Å². The van der Waals surface area contributed by atoms with Gasteiger partial charge in [0.1, 0.15) is 5.75 Å². The van der Waals surface area contributed by atoms with Crippen LogP contribution in [0.15, 0.2) is 46.9 Å². The monoisotopic (exact) mass is 437 g/mol. The summed E-state index contributed by atoms with van der Waals surface area (Å²) in [6.45, 7) is 2.73. The first kappa shape index (κ1) is 19.7. The van der Waals surface area contributed by atoms with E-state index < -0.39 is 6.10 Å². The molecule has 0 spiro atoms. The lowest BCUT2D eigenvalue weighted by Gasteiger charge is -2.33. The van der Waals surface area contributed by atoms with Gasteiger partial charge in [-0.05, 0) is 79.7 Å². The number of rotatable bonds is 6. The number of ether oxygens (including phenoxy) is 1. The number of aliphatic hydroxyl groups excluding tert-OH is 1. The molecule has 140 valence electrons. The van der Waals surface area contributed by atoms with Crippen molar-refractivity contribution in [1.29, 1.82) is 0 Å². The van der Waals surface area contributed by atoms with Crippen LogP contribution in [0.3, 0.4) is 0 Å². The third kappa shape index (κ3) is 5.23. The molecule has 0 aromatic heterocycles. The molecular formula is C21H25BrClNO2. The molecule has 1 unspecified atom stereocenters. The van der Waals surface area contributed by atoms with Crippen molar-refractivity contribution in [3.63, 3.8) is 0 Å². The average Bonchev–Trinajstić information content (AvgIpc) is 2.65. The molecule has 0 amide bonds. The lowest BCUT2D eigenvalue weighted by atomic mass is 9.90. The van der Waals surface area contributed by atoms with Gasteiger partial charge in [-0.2, -0.15) is 0 Å². The summed E-state index contributed by atoms with van der Waals surface area (Å²) in [5, 5.41) is 11.2. The maximum atomic E-state index is 10.5. The second kappa shape index (κ2) is 9.23. The fourth-order valence-corrected chi connectivity index (χ4v) is 4.09. The molecule has 1 saturated heterocycles. The molecule has 2 aromatic carbocycles. The van der Waals surface area contributed by atoms with E-state index in [0.717, 1.165) is 48.1 Å². The van der Waals surface area contributed by atoms with E-state index in [-0.39, 0.29) is 0 Å². The van der Waals surface area contributed by atoms with Crippen LogP contribution in [0, 0.1) is 5.92 Å². The number of hydrogen-bond donors (Lipinski definition) is 1. The minimum Gasteiger partial charge on any atom is -0.497 e. The van der Waals surface area contributed by atoms with E-state index in [1.807, 2.05) is 30.3 Å². The largest absolute Gasteiger partial charge is 0.497 e. The molecule has 3 nitrogen and oxygen atoms in total. The lowest BCUT2D eigenvalue weighted by Crippen LogP contribution is -2.37. The molecule has 0 aliphatic carbocycles. The van der Waals surface area contributed by atoms with Crippen LogP contribution in [0.4, 0.5) is 0 Å². The summed E-state index contributed by atoms with van der Waals surface area (Å²) in [5.41, 5.74) is 2.24. The molecule has 1 atom stereocenters. The number of hydrogen-bond acceptors (Lipinski definition) is 3. The van der Waals surface area contributed by atoms with Gasteiger partial charge in [-0.1, -0.05) is 39.7 Å². The zero-order valence-corrected chi connectivity index (χ0v) is 17.3. The number of benzene rings is 2. The Bertz CT molecular complexity index is 714. The van der Waals surface area contributed by atoms with E-state index in [2.05, 4.69) is 33.0 Å². The molecule has 1 aliphatic heterocycles. The minimum atomic E-state index is -0.462. The first-order valence-corrected chi connectivity index (χ1v) is 10.2. The van der Waals surface area contributed by atoms with Crippen molar-refractivity contribution in [2.45, 2.75) is 25.4 Å². The van der Waals surface area contributed by atoms with Crippen LogP contribution in [-0.4, -0.2) is 36.8 Å². The summed E-state index contributed by atoms with van der Waals surface area (Å²) in [6.07, 6.45) is 2.90. The first-order valence-electron chi connectivity index (χ1n) is 9.03. The van der Waals surface area contributed by atoms with Crippen molar-refractivity contribution in [3.05, 3.63) is 63.1 Å². The molecule has 0 saturated carbocycles. The molecule has 1 aliphatic rings. The van der Waals surface area contributed by atoms with E-state index in [1.54, 1.807) is 7.11 Å². The highest BCUT2D eigenvalue weighted by molar-refractivity contribution is 9.10. The second-order valence-electron chi connectivity index (χ2n) is 6.97. The Balaban J connectivity index is 1.50. The fourth-order valence-electron chi connectivity index (χ4n) is 3.55. The highest BCUT2D eigenvalue weighted by Gasteiger charge is 2.22. The molecule has 5 heteroatoms. The number of aliphatic hydroxyl groups is 1. The third-order valence-electron chi connectivity index (χ3n) is 5.15. The topological polar surface area (TPSA) is 32.7 Å². The number of piperidine rings is 1. The zero-order chi connectivity index (χ0) is 18.5. The summed E-state index contributed by atoms with van der Waals surface area (Å²) in [7, 11) is 1.71. The summed E-state index contributed by atoms with van der Waals surface area (Å²) in [6, 6.07) is 13.6. The maximum Gasteiger partial charge on any atom is 0.119 e. The Hall–Kier alpha value is -1.07. The highest BCUT2D eigenvalue weighted by Crippen LogP contribution is 2.29. The van der Waals surface area contributed by atoms with E-state index in [4.69, 9.17) is 16.3 Å². The van der Waals surface area contributed by atoms with Crippen LogP contribution in [0.1, 0.15) is 30.1 Å². The van der Waals surface area contributed by atoms with Gasteiger partial charge in [0.25, 0.3) is 0 Å². The predicted octanol–water partition coefficient (Wildman–Crippen LogP) is 5.10. The molecule has 0 bridgehead atoms. The van der Waals surface area contributed by atoms with Crippen molar-refractivity contribution in [1.82, 2.24) is 4.90 Å². The molecule has 0 radical (unpaired) electrons. The molecular weight excluding hydrogens is 414 g/mol. The number of β-amino-alcohol motifs (C(OH)–C–C–N with tert-alkyl or cyclic N) is 1. The van der Waals surface area contributed by atoms with Gasteiger partial charge < -0.3 is 14.7 Å². The first-order chi connectivity index (χ1) is 12.5. The molecule has 1 N–H and O–H groups in total. The third-order valence-corrected chi connectivity index (χ3v) is 6.18. The van der Waals surface area contributed by atoms with Crippen LogP contribution < -0.4 is 4.74 Å². The average molecular weight is 439 g/mol. The highest BCUT2D eigenvalue weighted by atomic mass is 79.9. The predicted molar refractivity (Wildman–Crippen MR) is 110 cm³/mol. The second-order valence-corrected chi connectivity index (χ2v) is 8.26. The SMILES string of the molecule is COc1ccc(Br)c(CC2CCN(CC(O)c3ccc(Cl)cc3)CC2)c1. The van der Waals surface area contributed by atoms with Crippen LogP contribution in [0.2, 0.25) is 5.02 Å². The van der Waals surface area contributed by atoms with Gasteiger partial charge in [-0.3, -0.25) is 0 Å².